The Kier molecular flexibility index (Phi) is 4.92. The van der Waals surface area contributed by atoms with Gasteiger partial charge in [-0.1, -0.05) is 20.8 Å². The molecule has 0 saturated carbocycles. The van der Waals surface area contributed by atoms with Crippen LogP contribution in [0.4, 0.5) is 0 Å². The molecule has 4 heteroatoms. The average Bonchev–Trinajstić information content (AvgIpc) is 2.62. The normalized spacial score (nSPS) is 13.5. The Balaban J connectivity index is 2.50. The lowest BCUT2D eigenvalue weighted by Crippen LogP contribution is -2.08. The summed E-state index contributed by atoms with van der Waals surface area (Å²) in [4.78, 5) is 4.53. The maximum absolute atomic E-state index is 5.90. The molecular weight excluding hydrogens is 212 g/mol. The van der Waals surface area contributed by atoms with E-state index in [0.717, 1.165) is 17.9 Å². The Labute approximate surface area is 94.3 Å². The van der Waals surface area contributed by atoms with Crippen molar-refractivity contribution in [1.29, 1.82) is 0 Å². The minimum atomic E-state index is 0.115. The molecule has 0 aliphatic rings. The van der Waals surface area contributed by atoms with Crippen LogP contribution >= 0.6 is 23.1 Å². The van der Waals surface area contributed by atoms with Gasteiger partial charge < -0.3 is 5.73 Å². The van der Waals surface area contributed by atoms with Gasteiger partial charge in [0.15, 0.2) is 0 Å². The van der Waals surface area contributed by atoms with E-state index in [9.17, 15) is 0 Å². The van der Waals surface area contributed by atoms with Crippen molar-refractivity contribution in [3.8, 4) is 0 Å². The van der Waals surface area contributed by atoms with Crippen LogP contribution in [0.15, 0.2) is 5.38 Å². The quantitative estimate of drug-likeness (QED) is 0.844. The number of thiazole rings is 1. The predicted molar refractivity (Wildman–Crippen MR) is 65.8 cm³/mol. The van der Waals surface area contributed by atoms with Gasteiger partial charge in [0.05, 0.1) is 5.69 Å². The zero-order valence-corrected chi connectivity index (χ0v) is 10.6. The fourth-order valence-corrected chi connectivity index (χ4v) is 2.67. The number of thioether (sulfide) groups is 1. The van der Waals surface area contributed by atoms with E-state index in [0.29, 0.717) is 5.25 Å². The molecular formula is C10H18N2S2. The summed E-state index contributed by atoms with van der Waals surface area (Å²) in [5, 5.41) is 3.95. The van der Waals surface area contributed by atoms with Crippen LogP contribution < -0.4 is 5.73 Å². The van der Waals surface area contributed by atoms with E-state index in [2.05, 4.69) is 31.1 Å². The molecule has 0 aromatic carbocycles. The third kappa shape index (κ3) is 3.59. The maximum Gasteiger partial charge on any atom is 0.103 e. The molecule has 1 unspecified atom stereocenters. The van der Waals surface area contributed by atoms with Gasteiger partial charge in [-0.15, -0.1) is 11.3 Å². The van der Waals surface area contributed by atoms with E-state index in [4.69, 9.17) is 5.73 Å². The topological polar surface area (TPSA) is 38.9 Å². The zero-order valence-electron chi connectivity index (χ0n) is 8.99. The Morgan fingerprint density at radius 3 is 2.86 bits per heavy atom. The first-order valence-electron chi connectivity index (χ1n) is 4.95. The summed E-state index contributed by atoms with van der Waals surface area (Å²) in [6.45, 7) is 6.50. The second kappa shape index (κ2) is 5.73. The van der Waals surface area contributed by atoms with Crippen LogP contribution in [0.2, 0.25) is 0 Å². The highest BCUT2D eigenvalue weighted by Gasteiger charge is 2.08. The minimum absolute atomic E-state index is 0.115. The van der Waals surface area contributed by atoms with Crippen LogP contribution in [0.1, 0.15) is 43.9 Å². The molecule has 0 aliphatic heterocycles. The molecule has 1 aromatic heterocycles. The molecule has 0 amide bonds. The molecule has 0 radical (unpaired) electrons. The van der Waals surface area contributed by atoms with E-state index in [-0.39, 0.29) is 6.04 Å². The molecule has 2 N–H and O–H groups in total. The van der Waals surface area contributed by atoms with Crippen molar-refractivity contribution in [2.24, 2.45) is 5.73 Å². The fraction of sp³-hybridized carbons (Fsp3) is 0.700. The molecule has 1 heterocycles. The molecule has 14 heavy (non-hydrogen) atoms. The summed E-state index contributed by atoms with van der Waals surface area (Å²) in [5.41, 5.74) is 6.95. The van der Waals surface area contributed by atoms with E-state index in [1.54, 1.807) is 11.3 Å². The third-order valence-electron chi connectivity index (χ3n) is 1.93. The molecule has 0 aliphatic carbocycles. The molecule has 0 saturated heterocycles. The molecule has 1 aromatic rings. The summed E-state index contributed by atoms with van der Waals surface area (Å²) < 4.78 is 0. The predicted octanol–water partition coefficient (Wildman–Crippen LogP) is 3.19. The number of hydrogen-bond donors (Lipinski definition) is 1. The van der Waals surface area contributed by atoms with Gasteiger partial charge in [-0.25, -0.2) is 4.98 Å². The van der Waals surface area contributed by atoms with Crippen molar-refractivity contribution in [2.45, 2.75) is 44.2 Å². The number of aromatic nitrogens is 1. The maximum atomic E-state index is 5.90. The van der Waals surface area contributed by atoms with Crippen molar-refractivity contribution in [2.75, 3.05) is 0 Å². The second-order valence-electron chi connectivity index (χ2n) is 3.54. The minimum Gasteiger partial charge on any atom is -0.323 e. The first-order chi connectivity index (χ1) is 6.63. The van der Waals surface area contributed by atoms with Crippen LogP contribution in [-0.2, 0) is 5.75 Å². The Morgan fingerprint density at radius 2 is 2.29 bits per heavy atom. The highest BCUT2D eigenvalue weighted by Crippen LogP contribution is 2.22. The summed E-state index contributed by atoms with van der Waals surface area (Å²) in [5.74, 6) is 1.01. The monoisotopic (exact) mass is 230 g/mol. The van der Waals surface area contributed by atoms with Crippen molar-refractivity contribution in [1.82, 2.24) is 4.98 Å². The lowest BCUT2D eigenvalue weighted by atomic mass is 10.2. The van der Waals surface area contributed by atoms with Crippen LogP contribution in [0.25, 0.3) is 0 Å². The molecule has 1 atom stereocenters. The Hall–Kier alpha value is -0.0600. The van der Waals surface area contributed by atoms with E-state index < -0.39 is 0 Å². The third-order valence-corrected chi connectivity index (χ3v) is 4.09. The first-order valence-corrected chi connectivity index (χ1v) is 6.87. The number of hydrogen-bond acceptors (Lipinski definition) is 4. The van der Waals surface area contributed by atoms with Crippen LogP contribution in [0, 0.1) is 0 Å². The van der Waals surface area contributed by atoms with Crippen molar-refractivity contribution < 1.29 is 0 Å². The molecule has 2 nitrogen and oxygen atoms in total. The number of nitrogens with zero attached hydrogens (tertiary/aromatic N) is 1. The van der Waals surface area contributed by atoms with Gasteiger partial charge in [-0.05, 0) is 11.7 Å². The SMILES string of the molecule is CCC(N)c1csc(CSC(C)C)n1. The van der Waals surface area contributed by atoms with Crippen LogP contribution in [0.5, 0.6) is 0 Å². The first kappa shape index (κ1) is 12.0. The lowest BCUT2D eigenvalue weighted by molar-refractivity contribution is 0.678. The fourth-order valence-electron chi connectivity index (χ4n) is 1.01. The lowest BCUT2D eigenvalue weighted by Gasteiger charge is -2.03. The standard InChI is InChI=1S/C10H18N2S2/c1-4-8(11)9-5-14-10(12-9)6-13-7(2)3/h5,7-8H,4,6,11H2,1-3H3. The van der Waals surface area contributed by atoms with Gasteiger partial charge in [0.1, 0.15) is 5.01 Å². The van der Waals surface area contributed by atoms with Gasteiger partial charge in [0, 0.05) is 17.2 Å². The highest BCUT2D eigenvalue weighted by molar-refractivity contribution is 7.99. The van der Waals surface area contributed by atoms with E-state index in [1.165, 1.54) is 5.01 Å². The number of nitrogens with two attached hydrogens (primary N) is 1. The summed E-state index contributed by atoms with van der Waals surface area (Å²) in [6.07, 6.45) is 0.959. The van der Waals surface area contributed by atoms with Crippen molar-refractivity contribution >= 4 is 23.1 Å². The summed E-state index contributed by atoms with van der Waals surface area (Å²) >= 11 is 3.65. The van der Waals surface area contributed by atoms with Gasteiger partial charge in [0.2, 0.25) is 0 Å². The largest absolute Gasteiger partial charge is 0.323 e. The van der Waals surface area contributed by atoms with Crippen LogP contribution in [0.3, 0.4) is 0 Å². The van der Waals surface area contributed by atoms with E-state index >= 15 is 0 Å². The van der Waals surface area contributed by atoms with Gasteiger partial charge in [-0.3, -0.25) is 0 Å². The average molecular weight is 230 g/mol. The summed E-state index contributed by atoms with van der Waals surface area (Å²) in [7, 11) is 0. The van der Waals surface area contributed by atoms with Crippen molar-refractivity contribution in [3.05, 3.63) is 16.1 Å². The summed E-state index contributed by atoms with van der Waals surface area (Å²) in [6, 6.07) is 0.115. The molecule has 0 bridgehead atoms. The Morgan fingerprint density at radius 1 is 1.57 bits per heavy atom. The number of rotatable bonds is 5. The van der Waals surface area contributed by atoms with Gasteiger partial charge in [-0.2, -0.15) is 11.8 Å². The van der Waals surface area contributed by atoms with Gasteiger partial charge >= 0.3 is 0 Å². The molecule has 80 valence electrons. The van der Waals surface area contributed by atoms with Crippen molar-refractivity contribution in [3.63, 3.8) is 0 Å². The smallest absolute Gasteiger partial charge is 0.103 e. The second-order valence-corrected chi connectivity index (χ2v) is 6.05. The molecule has 1 rings (SSSR count). The van der Waals surface area contributed by atoms with E-state index in [1.807, 2.05) is 11.8 Å². The zero-order chi connectivity index (χ0) is 10.6. The molecule has 0 fully saturated rings. The van der Waals surface area contributed by atoms with Crippen LogP contribution in [-0.4, -0.2) is 10.2 Å². The highest BCUT2D eigenvalue weighted by atomic mass is 32.2. The van der Waals surface area contributed by atoms with Gasteiger partial charge in [0.25, 0.3) is 0 Å². The Bertz CT molecular complexity index is 271. The molecule has 0 spiro atoms.